The van der Waals surface area contributed by atoms with Gasteiger partial charge in [0.1, 0.15) is 0 Å². The second-order valence-corrected chi connectivity index (χ2v) is 5.34. The van der Waals surface area contributed by atoms with Gasteiger partial charge >= 0.3 is 0 Å². The first-order chi connectivity index (χ1) is 9.24. The number of fused-ring (bicyclic) bond motifs is 1. The number of nitrogens with one attached hydrogen (secondary N) is 1. The molecule has 2 aromatic rings. The molecule has 0 aromatic heterocycles. The molecule has 0 radical (unpaired) electrons. The molecule has 0 bridgehead atoms. The zero-order valence-corrected chi connectivity index (χ0v) is 11.6. The molecule has 3 rings (SSSR count). The highest BCUT2D eigenvalue weighted by Gasteiger charge is 2.09. The van der Waals surface area contributed by atoms with Gasteiger partial charge in [-0.2, -0.15) is 0 Å². The van der Waals surface area contributed by atoms with Crippen LogP contribution >= 0.6 is 0 Å². The molecule has 1 aliphatic rings. The number of anilines is 2. The minimum atomic E-state index is 1.09. The van der Waals surface area contributed by atoms with Crippen molar-refractivity contribution in [3.8, 4) is 11.1 Å². The third kappa shape index (κ3) is 2.43. The monoisotopic (exact) mass is 252 g/mol. The second kappa shape index (κ2) is 4.96. The minimum absolute atomic E-state index is 1.09. The van der Waals surface area contributed by atoms with Gasteiger partial charge < -0.3 is 10.2 Å². The Labute approximate surface area is 115 Å². The van der Waals surface area contributed by atoms with Crippen molar-refractivity contribution in [2.24, 2.45) is 0 Å². The van der Waals surface area contributed by atoms with E-state index in [2.05, 4.69) is 66.8 Å². The van der Waals surface area contributed by atoms with Crippen LogP contribution in [-0.2, 0) is 6.42 Å². The zero-order valence-electron chi connectivity index (χ0n) is 11.6. The zero-order chi connectivity index (χ0) is 13.2. The molecule has 0 saturated carbocycles. The van der Waals surface area contributed by atoms with Crippen molar-refractivity contribution >= 4 is 11.4 Å². The summed E-state index contributed by atoms with van der Waals surface area (Å²) in [6.45, 7) is 1.09. The van der Waals surface area contributed by atoms with Gasteiger partial charge in [0.05, 0.1) is 0 Å². The summed E-state index contributed by atoms with van der Waals surface area (Å²) < 4.78 is 0. The quantitative estimate of drug-likeness (QED) is 0.875. The standard InChI is InChI=1S/C17H20N2/c1-19(2)16-9-7-13(8-10-16)15-6-5-14-4-3-11-18-17(14)12-15/h5-10,12,18H,3-4,11H2,1-2H3. The predicted octanol–water partition coefficient (Wildman–Crippen LogP) is 3.78. The highest BCUT2D eigenvalue weighted by atomic mass is 15.1. The minimum Gasteiger partial charge on any atom is -0.385 e. The molecule has 2 aromatic carbocycles. The van der Waals surface area contributed by atoms with Crippen LogP contribution in [0.2, 0.25) is 0 Å². The largest absolute Gasteiger partial charge is 0.385 e. The molecule has 0 unspecified atom stereocenters. The van der Waals surface area contributed by atoms with Crippen LogP contribution in [0.1, 0.15) is 12.0 Å². The second-order valence-electron chi connectivity index (χ2n) is 5.34. The summed E-state index contributed by atoms with van der Waals surface area (Å²) >= 11 is 0. The first-order valence-corrected chi connectivity index (χ1v) is 6.88. The van der Waals surface area contributed by atoms with E-state index in [0.717, 1.165) is 6.54 Å². The summed E-state index contributed by atoms with van der Waals surface area (Å²) in [4.78, 5) is 2.12. The molecule has 1 heterocycles. The summed E-state index contributed by atoms with van der Waals surface area (Å²) in [5.74, 6) is 0. The van der Waals surface area contributed by atoms with E-state index in [1.54, 1.807) is 0 Å². The fourth-order valence-corrected chi connectivity index (χ4v) is 2.59. The Morgan fingerprint density at radius 2 is 1.68 bits per heavy atom. The van der Waals surface area contributed by atoms with Crippen LogP contribution in [0.3, 0.4) is 0 Å². The first-order valence-electron chi connectivity index (χ1n) is 6.88. The molecule has 0 amide bonds. The van der Waals surface area contributed by atoms with Crippen molar-refractivity contribution in [2.75, 3.05) is 30.9 Å². The van der Waals surface area contributed by atoms with E-state index in [0.29, 0.717) is 0 Å². The Morgan fingerprint density at radius 1 is 0.947 bits per heavy atom. The van der Waals surface area contributed by atoms with Crippen molar-refractivity contribution in [3.63, 3.8) is 0 Å². The van der Waals surface area contributed by atoms with Crippen LogP contribution in [0.15, 0.2) is 42.5 Å². The average Bonchev–Trinajstić information content (AvgIpc) is 2.47. The number of nitrogens with zero attached hydrogens (tertiary/aromatic N) is 1. The molecule has 2 nitrogen and oxygen atoms in total. The van der Waals surface area contributed by atoms with Gasteiger partial charge in [0.15, 0.2) is 0 Å². The number of hydrogen-bond acceptors (Lipinski definition) is 2. The molecular formula is C17H20N2. The van der Waals surface area contributed by atoms with Gasteiger partial charge in [0.25, 0.3) is 0 Å². The Balaban J connectivity index is 1.93. The number of rotatable bonds is 2. The van der Waals surface area contributed by atoms with Crippen LogP contribution in [0.5, 0.6) is 0 Å². The number of aryl methyl sites for hydroxylation is 1. The van der Waals surface area contributed by atoms with Gasteiger partial charge in [0, 0.05) is 32.0 Å². The van der Waals surface area contributed by atoms with E-state index in [9.17, 15) is 0 Å². The van der Waals surface area contributed by atoms with Crippen molar-refractivity contribution in [1.29, 1.82) is 0 Å². The summed E-state index contributed by atoms with van der Waals surface area (Å²) in [7, 11) is 4.13. The maximum atomic E-state index is 3.49. The van der Waals surface area contributed by atoms with E-state index >= 15 is 0 Å². The van der Waals surface area contributed by atoms with Crippen molar-refractivity contribution in [1.82, 2.24) is 0 Å². The third-order valence-electron chi connectivity index (χ3n) is 3.77. The lowest BCUT2D eigenvalue weighted by molar-refractivity contribution is 0.830. The van der Waals surface area contributed by atoms with Gasteiger partial charge in [-0.15, -0.1) is 0 Å². The maximum absolute atomic E-state index is 3.49. The van der Waals surface area contributed by atoms with E-state index < -0.39 is 0 Å². The van der Waals surface area contributed by atoms with E-state index in [4.69, 9.17) is 0 Å². The molecule has 0 aliphatic carbocycles. The molecule has 0 spiro atoms. The fourth-order valence-electron chi connectivity index (χ4n) is 2.59. The molecule has 2 heteroatoms. The van der Waals surface area contributed by atoms with E-state index in [1.807, 2.05) is 0 Å². The van der Waals surface area contributed by atoms with Crippen molar-refractivity contribution in [3.05, 3.63) is 48.0 Å². The highest BCUT2D eigenvalue weighted by Crippen LogP contribution is 2.29. The van der Waals surface area contributed by atoms with Gasteiger partial charge in [-0.3, -0.25) is 0 Å². The van der Waals surface area contributed by atoms with Crippen LogP contribution in [0, 0.1) is 0 Å². The smallest absolute Gasteiger partial charge is 0.0378 e. The van der Waals surface area contributed by atoms with Crippen molar-refractivity contribution < 1.29 is 0 Å². The Bertz CT molecular complexity index is 570. The molecular weight excluding hydrogens is 232 g/mol. The summed E-state index contributed by atoms with van der Waals surface area (Å²) in [6.07, 6.45) is 2.44. The third-order valence-corrected chi connectivity index (χ3v) is 3.77. The van der Waals surface area contributed by atoms with Gasteiger partial charge in [-0.1, -0.05) is 24.3 Å². The lowest BCUT2D eigenvalue weighted by atomic mass is 9.98. The van der Waals surface area contributed by atoms with E-state index in [1.165, 1.54) is 40.9 Å². The molecule has 0 atom stereocenters. The molecule has 98 valence electrons. The summed E-state index contributed by atoms with van der Waals surface area (Å²) in [5.41, 5.74) is 6.56. The normalized spacial score (nSPS) is 13.6. The Kier molecular flexibility index (Phi) is 3.16. The Hall–Kier alpha value is -1.96. The van der Waals surface area contributed by atoms with Crippen molar-refractivity contribution in [2.45, 2.75) is 12.8 Å². The summed E-state index contributed by atoms with van der Waals surface area (Å²) in [5, 5.41) is 3.49. The molecule has 0 saturated heterocycles. The SMILES string of the molecule is CN(C)c1ccc(-c2ccc3c(c2)NCCC3)cc1. The van der Waals surface area contributed by atoms with Crippen LogP contribution in [0.25, 0.3) is 11.1 Å². The lowest BCUT2D eigenvalue weighted by Crippen LogP contribution is -2.11. The first kappa shape index (κ1) is 12.1. The molecule has 0 fully saturated rings. The highest BCUT2D eigenvalue weighted by molar-refractivity contribution is 5.72. The average molecular weight is 252 g/mol. The molecule has 1 aliphatic heterocycles. The van der Waals surface area contributed by atoms with Crippen LogP contribution in [0.4, 0.5) is 11.4 Å². The fraction of sp³-hybridized carbons (Fsp3) is 0.294. The molecule has 1 N–H and O–H groups in total. The van der Waals surface area contributed by atoms with E-state index in [-0.39, 0.29) is 0 Å². The van der Waals surface area contributed by atoms with Gasteiger partial charge in [-0.25, -0.2) is 0 Å². The Morgan fingerprint density at radius 3 is 2.42 bits per heavy atom. The van der Waals surface area contributed by atoms with Gasteiger partial charge in [-0.05, 0) is 47.7 Å². The topological polar surface area (TPSA) is 15.3 Å². The predicted molar refractivity (Wildman–Crippen MR) is 83.0 cm³/mol. The van der Waals surface area contributed by atoms with Gasteiger partial charge in [0.2, 0.25) is 0 Å². The lowest BCUT2D eigenvalue weighted by Gasteiger charge is -2.19. The van der Waals surface area contributed by atoms with Crippen LogP contribution < -0.4 is 10.2 Å². The maximum Gasteiger partial charge on any atom is 0.0378 e. The van der Waals surface area contributed by atoms with Crippen LogP contribution in [-0.4, -0.2) is 20.6 Å². The summed E-state index contributed by atoms with van der Waals surface area (Å²) in [6, 6.07) is 15.5. The molecule has 19 heavy (non-hydrogen) atoms. The number of benzene rings is 2. The number of hydrogen-bond donors (Lipinski definition) is 1.